The molecule has 0 saturated heterocycles. The van der Waals surface area contributed by atoms with Crippen molar-refractivity contribution in [2.24, 2.45) is 0 Å². The minimum atomic E-state index is 0.445. The van der Waals surface area contributed by atoms with Gasteiger partial charge in [-0.15, -0.1) is 10.2 Å². The molecule has 5 nitrogen and oxygen atoms in total. The van der Waals surface area contributed by atoms with Crippen molar-refractivity contribution in [1.82, 2.24) is 15.2 Å². The van der Waals surface area contributed by atoms with Gasteiger partial charge in [-0.2, -0.15) is 4.98 Å². The first kappa shape index (κ1) is 15.0. The molecule has 116 valence electrons. The molecule has 0 unspecified atom stereocenters. The lowest BCUT2D eigenvalue weighted by atomic mass is 10.1. The van der Waals surface area contributed by atoms with Crippen LogP contribution in [0.4, 0.5) is 0 Å². The molecule has 5 heteroatoms. The first-order chi connectivity index (χ1) is 11.2. The van der Waals surface area contributed by atoms with Gasteiger partial charge in [-0.3, -0.25) is 0 Å². The van der Waals surface area contributed by atoms with Gasteiger partial charge in [-0.25, -0.2) is 0 Å². The quantitative estimate of drug-likeness (QED) is 0.738. The van der Waals surface area contributed by atoms with Gasteiger partial charge in [0.2, 0.25) is 5.88 Å². The Labute approximate surface area is 134 Å². The zero-order valence-electron chi connectivity index (χ0n) is 13.3. The van der Waals surface area contributed by atoms with Crippen molar-refractivity contribution in [2.45, 2.75) is 6.92 Å². The van der Waals surface area contributed by atoms with Crippen LogP contribution in [0.25, 0.3) is 22.6 Å². The Hall–Kier alpha value is -2.95. The summed E-state index contributed by atoms with van der Waals surface area (Å²) in [6.45, 7) is 2.04. The summed E-state index contributed by atoms with van der Waals surface area (Å²) in [6, 6.07) is 15.5. The second kappa shape index (κ2) is 6.44. The SMILES string of the molecule is COc1ccc(-c2nnc(-c3ccc(C)cc3)nc2OC)cc1. The molecule has 0 aliphatic carbocycles. The van der Waals surface area contributed by atoms with Crippen LogP contribution in [-0.2, 0) is 0 Å². The zero-order chi connectivity index (χ0) is 16.2. The number of ether oxygens (including phenoxy) is 2. The van der Waals surface area contributed by atoms with E-state index in [0.29, 0.717) is 17.4 Å². The number of methoxy groups -OCH3 is 2. The van der Waals surface area contributed by atoms with Crippen molar-refractivity contribution >= 4 is 0 Å². The maximum atomic E-state index is 5.40. The largest absolute Gasteiger partial charge is 0.497 e. The minimum Gasteiger partial charge on any atom is -0.497 e. The van der Waals surface area contributed by atoms with Gasteiger partial charge in [0.05, 0.1) is 14.2 Å². The van der Waals surface area contributed by atoms with Crippen LogP contribution in [0, 0.1) is 6.92 Å². The fourth-order valence-corrected chi connectivity index (χ4v) is 2.21. The van der Waals surface area contributed by atoms with E-state index in [9.17, 15) is 0 Å². The third-order valence-electron chi connectivity index (χ3n) is 3.52. The Morgan fingerprint density at radius 3 is 2.00 bits per heavy atom. The van der Waals surface area contributed by atoms with Crippen LogP contribution in [0.3, 0.4) is 0 Å². The Balaban J connectivity index is 2.00. The Morgan fingerprint density at radius 1 is 0.739 bits per heavy atom. The second-order valence-electron chi connectivity index (χ2n) is 5.09. The van der Waals surface area contributed by atoms with E-state index < -0.39 is 0 Å². The van der Waals surface area contributed by atoms with Gasteiger partial charge < -0.3 is 9.47 Å². The van der Waals surface area contributed by atoms with Crippen LogP contribution in [0.5, 0.6) is 11.6 Å². The molecule has 0 aliphatic rings. The van der Waals surface area contributed by atoms with E-state index in [2.05, 4.69) is 15.2 Å². The summed E-state index contributed by atoms with van der Waals surface area (Å²) in [4.78, 5) is 4.48. The molecular formula is C18H17N3O2. The van der Waals surface area contributed by atoms with Gasteiger partial charge >= 0.3 is 0 Å². The van der Waals surface area contributed by atoms with Gasteiger partial charge in [0.1, 0.15) is 5.75 Å². The predicted molar refractivity (Wildman–Crippen MR) is 88.5 cm³/mol. The molecule has 0 fully saturated rings. The fraction of sp³-hybridized carbons (Fsp3) is 0.167. The Morgan fingerprint density at radius 2 is 1.39 bits per heavy atom. The van der Waals surface area contributed by atoms with E-state index in [0.717, 1.165) is 16.9 Å². The molecular weight excluding hydrogens is 290 g/mol. The molecule has 0 aliphatic heterocycles. The standard InChI is InChI=1S/C18H17N3O2/c1-12-4-6-14(7-5-12)17-19-18(23-3)16(20-21-17)13-8-10-15(22-2)11-9-13/h4-11H,1-3H3. The highest BCUT2D eigenvalue weighted by atomic mass is 16.5. The zero-order valence-corrected chi connectivity index (χ0v) is 13.3. The van der Waals surface area contributed by atoms with Crippen LogP contribution in [0.1, 0.15) is 5.56 Å². The van der Waals surface area contributed by atoms with Crippen LogP contribution in [0.2, 0.25) is 0 Å². The number of hydrogen-bond donors (Lipinski definition) is 0. The van der Waals surface area contributed by atoms with Gasteiger partial charge in [0.25, 0.3) is 0 Å². The topological polar surface area (TPSA) is 57.1 Å². The summed E-state index contributed by atoms with van der Waals surface area (Å²) in [5.41, 5.74) is 3.57. The van der Waals surface area contributed by atoms with Crippen LogP contribution >= 0.6 is 0 Å². The number of aryl methyl sites for hydroxylation is 1. The number of hydrogen-bond acceptors (Lipinski definition) is 5. The normalized spacial score (nSPS) is 10.4. The smallest absolute Gasteiger partial charge is 0.244 e. The van der Waals surface area contributed by atoms with Gasteiger partial charge in [0.15, 0.2) is 11.5 Å². The van der Waals surface area contributed by atoms with E-state index in [4.69, 9.17) is 9.47 Å². The maximum Gasteiger partial charge on any atom is 0.244 e. The lowest BCUT2D eigenvalue weighted by Gasteiger charge is -2.08. The van der Waals surface area contributed by atoms with Gasteiger partial charge in [0, 0.05) is 11.1 Å². The third-order valence-corrected chi connectivity index (χ3v) is 3.52. The van der Waals surface area contributed by atoms with E-state index >= 15 is 0 Å². The molecule has 1 aromatic heterocycles. The summed E-state index contributed by atoms with van der Waals surface area (Å²) < 4.78 is 10.6. The lowest BCUT2D eigenvalue weighted by Crippen LogP contribution is -2.00. The number of benzene rings is 2. The second-order valence-corrected chi connectivity index (χ2v) is 5.09. The molecule has 0 radical (unpaired) electrons. The third kappa shape index (κ3) is 3.13. The molecule has 3 aromatic rings. The first-order valence-corrected chi connectivity index (χ1v) is 7.21. The van der Waals surface area contributed by atoms with Crippen LogP contribution in [0.15, 0.2) is 48.5 Å². The first-order valence-electron chi connectivity index (χ1n) is 7.21. The highest BCUT2D eigenvalue weighted by Gasteiger charge is 2.13. The van der Waals surface area contributed by atoms with Crippen molar-refractivity contribution in [2.75, 3.05) is 14.2 Å². The van der Waals surface area contributed by atoms with E-state index in [1.54, 1.807) is 14.2 Å². The van der Waals surface area contributed by atoms with E-state index in [-0.39, 0.29) is 0 Å². The fourth-order valence-electron chi connectivity index (χ4n) is 2.21. The molecule has 0 atom stereocenters. The van der Waals surface area contributed by atoms with Crippen LogP contribution in [-0.4, -0.2) is 29.4 Å². The summed E-state index contributed by atoms with van der Waals surface area (Å²) in [6.07, 6.45) is 0. The highest BCUT2D eigenvalue weighted by Crippen LogP contribution is 2.28. The summed E-state index contributed by atoms with van der Waals surface area (Å²) in [5, 5.41) is 8.53. The predicted octanol–water partition coefficient (Wildman–Crippen LogP) is 3.53. The number of nitrogens with zero attached hydrogens (tertiary/aromatic N) is 3. The summed E-state index contributed by atoms with van der Waals surface area (Å²) >= 11 is 0. The minimum absolute atomic E-state index is 0.445. The summed E-state index contributed by atoms with van der Waals surface area (Å²) in [7, 11) is 3.21. The average Bonchev–Trinajstić information content (AvgIpc) is 2.62. The lowest BCUT2D eigenvalue weighted by molar-refractivity contribution is 0.396. The molecule has 2 aromatic carbocycles. The Bertz CT molecular complexity index is 800. The molecule has 23 heavy (non-hydrogen) atoms. The molecule has 0 amide bonds. The van der Waals surface area contributed by atoms with Crippen LogP contribution < -0.4 is 9.47 Å². The van der Waals surface area contributed by atoms with E-state index in [1.807, 2.05) is 55.5 Å². The molecule has 3 rings (SSSR count). The number of rotatable bonds is 4. The van der Waals surface area contributed by atoms with Crippen molar-refractivity contribution in [3.05, 3.63) is 54.1 Å². The van der Waals surface area contributed by atoms with Gasteiger partial charge in [-0.1, -0.05) is 29.8 Å². The highest BCUT2D eigenvalue weighted by molar-refractivity contribution is 5.66. The van der Waals surface area contributed by atoms with Crippen molar-refractivity contribution < 1.29 is 9.47 Å². The van der Waals surface area contributed by atoms with Gasteiger partial charge in [-0.05, 0) is 31.2 Å². The number of aromatic nitrogens is 3. The molecule has 0 saturated carbocycles. The summed E-state index contributed by atoms with van der Waals surface area (Å²) in [5.74, 6) is 1.77. The molecule has 0 spiro atoms. The monoisotopic (exact) mass is 307 g/mol. The Kier molecular flexibility index (Phi) is 4.19. The van der Waals surface area contributed by atoms with Crippen molar-refractivity contribution in [1.29, 1.82) is 0 Å². The average molecular weight is 307 g/mol. The van der Waals surface area contributed by atoms with Crippen molar-refractivity contribution in [3.63, 3.8) is 0 Å². The molecule has 1 heterocycles. The molecule has 0 N–H and O–H groups in total. The van der Waals surface area contributed by atoms with Crippen molar-refractivity contribution in [3.8, 4) is 34.3 Å². The molecule has 0 bridgehead atoms. The maximum absolute atomic E-state index is 5.40. The van der Waals surface area contributed by atoms with E-state index in [1.165, 1.54) is 5.56 Å².